The Balaban J connectivity index is 2.25. The summed E-state index contributed by atoms with van der Waals surface area (Å²) < 4.78 is 2.16. The summed E-state index contributed by atoms with van der Waals surface area (Å²) in [6, 6.07) is 7.26. The zero-order valence-electron chi connectivity index (χ0n) is 13.4. The number of nitrogens with zero attached hydrogens (tertiary/aromatic N) is 1. The van der Waals surface area contributed by atoms with Gasteiger partial charge in [-0.1, -0.05) is 41.9 Å². The third kappa shape index (κ3) is 4.35. The minimum atomic E-state index is -0.707. The molecule has 0 atom stereocenters. The number of rotatable bonds is 5. The van der Waals surface area contributed by atoms with Gasteiger partial charge in [0.25, 0.3) is 5.56 Å². The summed E-state index contributed by atoms with van der Waals surface area (Å²) in [5, 5.41) is 2.50. The number of amides is 1. The number of anilines is 2. The van der Waals surface area contributed by atoms with Crippen LogP contribution in [0.2, 0.25) is 0 Å². The molecule has 0 radical (unpaired) electrons. The Morgan fingerprint density at radius 3 is 2.50 bits per heavy atom. The van der Waals surface area contributed by atoms with Crippen molar-refractivity contribution in [3.8, 4) is 0 Å². The number of carbonyl (C=O) groups excluding carboxylic acids is 1. The Kier molecular flexibility index (Phi) is 5.61. The Morgan fingerprint density at radius 1 is 1.29 bits per heavy atom. The fraction of sp³-hybridized carbons (Fsp3) is 0.312. The number of nitrogen functional groups attached to an aromatic ring is 1. The number of aromatic nitrogens is 2. The number of halogens is 1. The molecular formula is C16H19BrN4O3. The average molecular weight is 395 g/mol. The minimum Gasteiger partial charge on any atom is -0.383 e. The molecule has 1 aromatic heterocycles. The van der Waals surface area contributed by atoms with Crippen LogP contribution < -0.4 is 22.3 Å². The molecule has 128 valence electrons. The Morgan fingerprint density at radius 2 is 1.92 bits per heavy atom. The second-order valence-electron chi connectivity index (χ2n) is 5.88. The van der Waals surface area contributed by atoms with Crippen molar-refractivity contribution in [3.63, 3.8) is 0 Å². The van der Waals surface area contributed by atoms with E-state index >= 15 is 0 Å². The van der Waals surface area contributed by atoms with Crippen LogP contribution in [-0.2, 0) is 17.8 Å². The van der Waals surface area contributed by atoms with E-state index in [4.69, 9.17) is 5.73 Å². The fourth-order valence-corrected chi connectivity index (χ4v) is 2.49. The molecule has 0 aliphatic rings. The van der Waals surface area contributed by atoms with Crippen LogP contribution >= 0.6 is 15.9 Å². The summed E-state index contributed by atoms with van der Waals surface area (Å²) in [5.74, 6) is -0.270. The number of nitrogens with one attached hydrogen (secondary N) is 2. The first-order valence-corrected chi connectivity index (χ1v) is 8.24. The predicted octanol–water partition coefficient (Wildman–Crippen LogP) is 1.72. The molecule has 0 aliphatic carbocycles. The van der Waals surface area contributed by atoms with Gasteiger partial charge >= 0.3 is 5.69 Å². The third-order valence-corrected chi connectivity index (χ3v) is 3.86. The fourth-order valence-electron chi connectivity index (χ4n) is 2.23. The lowest BCUT2D eigenvalue weighted by atomic mass is 10.1. The van der Waals surface area contributed by atoms with Gasteiger partial charge in [-0.15, -0.1) is 0 Å². The van der Waals surface area contributed by atoms with Crippen LogP contribution in [-0.4, -0.2) is 15.5 Å². The molecule has 0 saturated heterocycles. The highest BCUT2D eigenvalue weighted by atomic mass is 79.9. The number of carbonyl (C=O) groups is 1. The van der Waals surface area contributed by atoms with Crippen molar-refractivity contribution >= 4 is 33.3 Å². The van der Waals surface area contributed by atoms with Gasteiger partial charge in [-0.2, -0.15) is 0 Å². The van der Waals surface area contributed by atoms with Crippen LogP contribution in [0, 0.1) is 5.92 Å². The molecule has 7 nitrogen and oxygen atoms in total. The molecule has 1 aromatic carbocycles. The molecule has 8 heteroatoms. The highest BCUT2D eigenvalue weighted by Gasteiger charge is 2.15. The van der Waals surface area contributed by atoms with E-state index in [0.29, 0.717) is 6.54 Å². The lowest BCUT2D eigenvalue weighted by molar-refractivity contribution is -0.115. The molecule has 0 unspecified atom stereocenters. The topological polar surface area (TPSA) is 110 Å². The number of hydrogen-bond donors (Lipinski definition) is 3. The summed E-state index contributed by atoms with van der Waals surface area (Å²) in [6.45, 7) is 4.18. The molecule has 1 amide bonds. The number of H-pyrrole nitrogens is 1. The zero-order valence-corrected chi connectivity index (χ0v) is 15.0. The van der Waals surface area contributed by atoms with Crippen LogP contribution in [0.5, 0.6) is 0 Å². The van der Waals surface area contributed by atoms with E-state index in [1.807, 2.05) is 26.0 Å². The predicted molar refractivity (Wildman–Crippen MR) is 97.0 cm³/mol. The van der Waals surface area contributed by atoms with Crippen LogP contribution in [0.15, 0.2) is 38.3 Å². The molecule has 0 aliphatic heterocycles. The second-order valence-corrected chi connectivity index (χ2v) is 6.79. The zero-order chi connectivity index (χ0) is 17.9. The summed E-state index contributed by atoms with van der Waals surface area (Å²) in [7, 11) is 0. The Bertz CT molecular complexity index is 853. The van der Waals surface area contributed by atoms with E-state index in [1.54, 1.807) is 12.1 Å². The van der Waals surface area contributed by atoms with Crippen molar-refractivity contribution in [2.45, 2.75) is 26.8 Å². The van der Waals surface area contributed by atoms with Crippen molar-refractivity contribution in [2.75, 3.05) is 11.1 Å². The van der Waals surface area contributed by atoms with E-state index in [2.05, 4.69) is 26.2 Å². The van der Waals surface area contributed by atoms with Gasteiger partial charge in [-0.25, -0.2) is 4.79 Å². The van der Waals surface area contributed by atoms with Crippen molar-refractivity contribution < 1.29 is 4.79 Å². The highest BCUT2D eigenvalue weighted by molar-refractivity contribution is 9.10. The first-order valence-electron chi connectivity index (χ1n) is 7.44. The lowest BCUT2D eigenvalue weighted by Gasteiger charge is -2.14. The maximum Gasteiger partial charge on any atom is 0.330 e. The summed E-state index contributed by atoms with van der Waals surface area (Å²) in [4.78, 5) is 38.2. The molecule has 2 rings (SSSR count). The molecule has 0 spiro atoms. The SMILES string of the molecule is CC(C)Cn1c(N)c(NC(=O)Cc2ccc(Br)cc2)c(=O)[nH]c1=O. The number of nitrogens with two attached hydrogens (primary N) is 1. The van der Waals surface area contributed by atoms with E-state index in [-0.39, 0.29) is 29.8 Å². The van der Waals surface area contributed by atoms with Gasteiger partial charge in [0.2, 0.25) is 5.91 Å². The molecular weight excluding hydrogens is 376 g/mol. The van der Waals surface area contributed by atoms with Gasteiger partial charge in [-0.3, -0.25) is 19.1 Å². The van der Waals surface area contributed by atoms with Gasteiger partial charge in [0.05, 0.1) is 6.42 Å². The molecule has 0 fully saturated rings. The second kappa shape index (κ2) is 7.48. The van der Waals surface area contributed by atoms with E-state index in [1.165, 1.54) is 4.57 Å². The van der Waals surface area contributed by atoms with E-state index in [0.717, 1.165) is 10.0 Å². The normalized spacial score (nSPS) is 10.8. The van der Waals surface area contributed by atoms with Gasteiger partial charge in [0.1, 0.15) is 11.5 Å². The monoisotopic (exact) mass is 394 g/mol. The van der Waals surface area contributed by atoms with Crippen LogP contribution in [0.1, 0.15) is 19.4 Å². The van der Waals surface area contributed by atoms with Crippen LogP contribution in [0.4, 0.5) is 11.5 Å². The Labute approximate surface area is 147 Å². The van der Waals surface area contributed by atoms with Crippen molar-refractivity contribution in [2.24, 2.45) is 5.92 Å². The summed E-state index contributed by atoms with van der Waals surface area (Å²) >= 11 is 3.32. The molecule has 0 bridgehead atoms. The van der Waals surface area contributed by atoms with Gasteiger partial charge in [-0.05, 0) is 23.6 Å². The smallest absolute Gasteiger partial charge is 0.330 e. The van der Waals surface area contributed by atoms with E-state index < -0.39 is 11.2 Å². The van der Waals surface area contributed by atoms with Crippen molar-refractivity contribution in [1.29, 1.82) is 0 Å². The minimum absolute atomic E-state index is 0.0402. The molecule has 4 N–H and O–H groups in total. The largest absolute Gasteiger partial charge is 0.383 e. The van der Waals surface area contributed by atoms with Gasteiger partial charge in [0.15, 0.2) is 0 Å². The first-order chi connectivity index (χ1) is 11.3. The highest BCUT2D eigenvalue weighted by Crippen LogP contribution is 2.14. The van der Waals surface area contributed by atoms with E-state index in [9.17, 15) is 14.4 Å². The van der Waals surface area contributed by atoms with Gasteiger partial charge in [0, 0.05) is 11.0 Å². The van der Waals surface area contributed by atoms with Gasteiger partial charge < -0.3 is 11.1 Å². The quantitative estimate of drug-likeness (QED) is 0.716. The van der Waals surface area contributed by atoms with Crippen molar-refractivity contribution in [3.05, 3.63) is 55.1 Å². The first kappa shape index (κ1) is 18.0. The average Bonchev–Trinajstić information content (AvgIpc) is 2.50. The number of hydrogen-bond acceptors (Lipinski definition) is 4. The number of aromatic amines is 1. The molecule has 2 aromatic rings. The molecule has 24 heavy (non-hydrogen) atoms. The van der Waals surface area contributed by atoms with Crippen LogP contribution in [0.3, 0.4) is 0 Å². The molecule has 0 saturated carbocycles. The summed E-state index contributed by atoms with van der Waals surface area (Å²) in [5.41, 5.74) is 5.32. The van der Waals surface area contributed by atoms with Crippen molar-refractivity contribution in [1.82, 2.24) is 9.55 Å². The maximum absolute atomic E-state index is 12.2. The summed E-state index contributed by atoms with van der Waals surface area (Å²) in [6.07, 6.45) is 0.0927. The van der Waals surface area contributed by atoms with Crippen LogP contribution in [0.25, 0.3) is 0 Å². The third-order valence-electron chi connectivity index (χ3n) is 3.33. The number of benzene rings is 1. The Hall–Kier alpha value is -2.35. The standard InChI is InChI=1S/C16H19BrN4O3/c1-9(2)8-21-14(18)13(15(23)20-16(21)24)19-12(22)7-10-3-5-11(17)6-4-10/h3-6,9H,7-8,18H2,1-2H3,(H,19,22)(H,20,23,24). The maximum atomic E-state index is 12.2. The molecule has 1 heterocycles. The lowest BCUT2D eigenvalue weighted by Crippen LogP contribution is -2.36.